The van der Waals surface area contributed by atoms with Gasteiger partial charge in [-0.15, -0.1) is 0 Å². The van der Waals surface area contributed by atoms with Crippen LogP contribution in [0, 0.1) is 0 Å². The number of rotatable bonds is 2. The van der Waals surface area contributed by atoms with Gasteiger partial charge >= 0.3 is 0 Å². The molecule has 0 atom stereocenters. The lowest BCUT2D eigenvalue weighted by Gasteiger charge is -2.21. The number of aromatic nitrogens is 1. The van der Waals surface area contributed by atoms with Crippen LogP contribution >= 0.6 is 0 Å². The molecule has 116 valence electrons. The minimum atomic E-state index is -0.198. The van der Waals surface area contributed by atoms with E-state index >= 15 is 0 Å². The quantitative estimate of drug-likeness (QED) is 0.887. The van der Waals surface area contributed by atoms with Crippen LogP contribution in [0.4, 0.5) is 0 Å². The predicted molar refractivity (Wildman–Crippen MR) is 87.0 cm³/mol. The number of aromatic hydroxyl groups is 1. The molecule has 22 heavy (non-hydrogen) atoms. The maximum absolute atomic E-state index is 12.5. The molecular weight excluding hydrogens is 276 g/mol. The fraction of sp³-hybridized carbons (Fsp3) is 0.444. The summed E-state index contributed by atoms with van der Waals surface area (Å²) in [5, 5.41) is 14.2. The van der Waals surface area contributed by atoms with E-state index in [2.05, 4.69) is 10.3 Å². The van der Waals surface area contributed by atoms with Crippen LogP contribution in [0.1, 0.15) is 55.3 Å². The third-order valence-corrected chi connectivity index (χ3v) is 4.43. The molecule has 1 fully saturated rings. The van der Waals surface area contributed by atoms with Crippen molar-refractivity contribution in [2.75, 3.05) is 0 Å². The van der Waals surface area contributed by atoms with Crippen LogP contribution in [0.3, 0.4) is 0 Å². The fourth-order valence-corrected chi connectivity index (χ4v) is 3.18. The number of nitrogens with one attached hydrogen (secondary N) is 1. The Morgan fingerprint density at radius 1 is 1.09 bits per heavy atom. The van der Waals surface area contributed by atoms with Gasteiger partial charge in [-0.25, -0.2) is 0 Å². The summed E-state index contributed by atoms with van der Waals surface area (Å²) in [6, 6.07) is 7.41. The summed E-state index contributed by atoms with van der Waals surface area (Å²) in [7, 11) is 0. The third-order valence-electron chi connectivity index (χ3n) is 4.43. The van der Waals surface area contributed by atoms with Crippen LogP contribution in [0.2, 0.25) is 0 Å². The van der Waals surface area contributed by atoms with Crippen molar-refractivity contribution in [1.29, 1.82) is 0 Å². The van der Waals surface area contributed by atoms with Gasteiger partial charge in [0.15, 0.2) is 5.75 Å². The average Bonchev–Trinajstić information content (AvgIpc) is 2.50. The summed E-state index contributed by atoms with van der Waals surface area (Å²) in [6.45, 7) is 0. The second kappa shape index (κ2) is 6.77. The third kappa shape index (κ3) is 3.21. The molecule has 4 heteroatoms. The van der Waals surface area contributed by atoms with Gasteiger partial charge < -0.3 is 10.4 Å². The average molecular weight is 298 g/mol. The Hall–Kier alpha value is -2.10. The van der Waals surface area contributed by atoms with Gasteiger partial charge in [0.05, 0.1) is 5.56 Å². The number of hydrogen-bond donors (Lipinski definition) is 2. The molecule has 0 radical (unpaired) electrons. The Labute approximate surface area is 130 Å². The van der Waals surface area contributed by atoms with Gasteiger partial charge in [-0.1, -0.05) is 44.2 Å². The molecule has 1 aliphatic carbocycles. The highest BCUT2D eigenvalue weighted by atomic mass is 16.3. The lowest BCUT2D eigenvalue weighted by atomic mass is 9.96. The van der Waals surface area contributed by atoms with Crippen molar-refractivity contribution >= 4 is 16.8 Å². The van der Waals surface area contributed by atoms with Crippen molar-refractivity contribution in [3.63, 3.8) is 0 Å². The van der Waals surface area contributed by atoms with E-state index in [4.69, 9.17) is 0 Å². The zero-order valence-corrected chi connectivity index (χ0v) is 12.7. The Kier molecular flexibility index (Phi) is 4.56. The molecule has 2 aromatic rings. The lowest BCUT2D eigenvalue weighted by molar-refractivity contribution is 0.0928. The topological polar surface area (TPSA) is 62.2 Å². The number of carbonyl (C=O) groups is 1. The number of carbonyl (C=O) groups excluding carboxylic acids is 1. The molecule has 1 saturated carbocycles. The second-order valence-corrected chi connectivity index (χ2v) is 6.05. The number of amides is 1. The number of pyridine rings is 1. The SMILES string of the molecule is O=C(NC1CCCCCCC1)c1ccc2cccnc2c1O. The molecular formula is C18H22N2O2. The van der Waals surface area contributed by atoms with E-state index in [1.807, 2.05) is 18.2 Å². The zero-order valence-electron chi connectivity index (χ0n) is 12.7. The molecule has 2 N–H and O–H groups in total. The van der Waals surface area contributed by atoms with E-state index in [0.29, 0.717) is 11.1 Å². The Morgan fingerprint density at radius 2 is 1.82 bits per heavy atom. The molecule has 0 unspecified atom stereocenters. The first-order valence-corrected chi connectivity index (χ1v) is 8.13. The predicted octanol–water partition coefficient (Wildman–Crippen LogP) is 3.78. The highest BCUT2D eigenvalue weighted by Crippen LogP contribution is 2.27. The van der Waals surface area contributed by atoms with Crippen LogP contribution < -0.4 is 5.32 Å². The number of fused-ring (bicyclic) bond motifs is 1. The summed E-state index contributed by atoms with van der Waals surface area (Å²) < 4.78 is 0. The summed E-state index contributed by atoms with van der Waals surface area (Å²) in [5.74, 6) is -0.225. The van der Waals surface area contributed by atoms with Crippen LogP contribution in [-0.2, 0) is 0 Å². The molecule has 3 rings (SSSR count). The van der Waals surface area contributed by atoms with Crippen molar-refractivity contribution < 1.29 is 9.90 Å². The van der Waals surface area contributed by atoms with Gasteiger partial charge in [0, 0.05) is 17.6 Å². The van der Waals surface area contributed by atoms with Gasteiger partial charge in [0.25, 0.3) is 5.91 Å². The van der Waals surface area contributed by atoms with E-state index in [-0.39, 0.29) is 17.7 Å². The van der Waals surface area contributed by atoms with Gasteiger partial charge in [0.1, 0.15) is 5.52 Å². The molecule has 4 nitrogen and oxygen atoms in total. The van der Waals surface area contributed by atoms with Crippen LogP contribution in [-0.4, -0.2) is 22.0 Å². The molecule has 0 saturated heterocycles. The van der Waals surface area contributed by atoms with E-state index in [1.54, 1.807) is 12.3 Å². The minimum Gasteiger partial charge on any atom is -0.505 e. The molecule has 0 spiro atoms. The molecule has 0 aliphatic heterocycles. The smallest absolute Gasteiger partial charge is 0.255 e. The number of benzene rings is 1. The molecule has 1 aliphatic rings. The van der Waals surface area contributed by atoms with E-state index in [0.717, 1.165) is 31.1 Å². The first-order chi connectivity index (χ1) is 10.8. The van der Waals surface area contributed by atoms with Gasteiger partial charge in [-0.05, 0) is 25.0 Å². The van der Waals surface area contributed by atoms with Crippen molar-refractivity contribution in [3.05, 3.63) is 36.0 Å². The molecule has 0 bridgehead atoms. The van der Waals surface area contributed by atoms with Gasteiger partial charge in [-0.2, -0.15) is 0 Å². The maximum atomic E-state index is 12.5. The van der Waals surface area contributed by atoms with Crippen LogP contribution in [0.25, 0.3) is 10.9 Å². The Morgan fingerprint density at radius 3 is 2.59 bits per heavy atom. The molecule has 1 aromatic heterocycles. The summed E-state index contributed by atoms with van der Waals surface area (Å²) >= 11 is 0. The number of phenols is 1. The van der Waals surface area contributed by atoms with Crippen molar-refractivity contribution in [2.24, 2.45) is 0 Å². The fourth-order valence-electron chi connectivity index (χ4n) is 3.18. The standard InChI is InChI=1S/C18H22N2O2/c21-17-15(11-10-13-7-6-12-19-16(13)17)18(22)20-14-8-4-2-1-3-5-9-14/h6-7,10-12,14,21H,1-5,8-9H2,(H,20,22). The van der Waals surface area contributed by atoms with Crippen molar-refractivity contribution in [3.8, 4) is 5.75 Å². The van der Waals surface area contributed by atoms with E-state index < -0.39 is 0 Å². The van der Waals surface area contributed by atoms with E-state index in [9.17, 15) is 9.90 Å². The van der Waals surface area contributed by atoms with Crippen molar-refractivity contribution in [1.82, 2.24) is 10.3 Å². The Balaban J connectivity index is 1.78. The van der Waals surface area contributed by atoms with Crippen LogP contribution in [0.15, 0.2) is 30.5 Å². The molecule has 1 aromatic carbocycles. The highest BCUT2D eigenvalue weighted by molar-refractivity contribution is 6.02. The maximum Gasteiger partial charge on any atom is 0.255 e. The molecule has 1 heterocycles. The molecule has 1 amide bonds. The summed E-state index contributed by atoms with van der Waals surface area (Å²) in [6.07, 6.45) is 9.80. The monoisotopic (exact) mass is 298 g/mol. The highest BCUT2D eigenvalue weighted by Gasteiger charge is 2.18. The summed E-state index contributed by atoms with van der Waals surface area (Å²) in [5.41, 5.74) is 0.793. The minimum absolute atomic E-state index is 0.0264. The van der Waals surface area contributed by atoms with Gasteiger partial charge in [0.2, 0.25) is 0 Å². The number of hydrogen-bond acceptors (Lipinski definition) is 3. The van der Waals surface area contributed by atoms with E-state index in [1.165, 1.54) is 19.3 Å². The lowest BCUT2D eigenvalue weighted by Crippen LogP contribution is -2.35. The summed E-state index contributed by atoms with van der Waals surface area (Å²) in [4.78, 5) is 16.6. The number of nitrogens with zero attached hydrogens (tertiary/aromatic N) is 1. The zero-order chi connectivity index (χ0) is 15.4. The first kappa shape index (κ1) is 14.8. The second-order valence-electron chi connectivity index (χ2n) is 6.05. The van der Waals surface area contributed by atoms with Crippen LogP contribution in [0.5, 0.6) is 5.75 Å². The first-order valence-electron chi connectivity index (χ1n) is 8.13. The van der Waals surface area contributed by atoms with Gasteiger partial charge in [-0.3, -0.25) is 9.78 Å². The van der Waals surface area contributed by atoms with Crippen molar-refractivity contribution in [2.45, 2.75) is 51.0 Å². The Bertz CT molecular complexity index is 661. The number of phenolic OH excluding ortho intramolecular Hbond substituents is 1. The largest absolute Gasteiger partial charge is 0.505 e. The normalized spacial score (nSPS) is 16.9.